The summed E-state index contributed by atoms with van der Waals surface area (Å²) in [6.07, 6.45) is 0. The number of halogens is 1. The fourth-order valence-corrected chi connectivity index (χ4v) is 1.63. The first-order valence-corrected chi connectivity index (χ1v) is 6.11. The van der Waals surface area contributed by atoms with Gasteiger partial charge in [0.1, 0.15) is 11.7 Å². The summed E-state index contributed by atoms with van der Waals surface area (Å²) in [7, 11) is 0. The fourth-order valence-electron chi connectivity index (χ4n) is 1.63. The van der Waals surface area contributed by atoms with Gasteiger partial charge in [-0.25, -0.2) is 4.39 Å². The van der Waals surface area contributed by atoms with Crippen LogP contribution in [0.5, 0.6) is 0 Å². The molecule has 0 aromatic heterocycles. The van der Waals surface area contributed by atoms with E-state index >= 15 is 0 Å². The summed E-state index contributed by atoms with van der Waals surface area (Å²) in [5.74, 6) is -1.41. The lowest BCUT2D eigenvalue weighted by molar-refractivity contribution is 0.0974. The Morgan fingerprint density at radius 3 is 2.53 bits per heavy atom. The molecule has 0 bridgehead atoms. The second-order valence-electron chi connectivity index (χ2n) is 3.82. The number of ketones is 1. The van der Waals surface area contributed by atoms with Gasteiger partial charge in [0.05, 0.1) is 6.07 Å². The van der Waals surface area contributed by atoms with Gasteiger partial charge in [0.25, 0.3) is 0 Å². The molecule has 0 aliphatic rings. The molecule has 0 saturated carbocycles. The van der Waals surface area contributed by atoms with Crippen molar-refractivity contribution in [3.05, 3.63) is 35.6 Å². The molecule has 1 aromatic carbocycles. The Kier molecular flexibility index (Phi) is 5.68. The van der Waals surface area contributed by atoms with Gasteiger partial charge in [-0.3, -0.25) is 9.79 Å². The molecule has 0 radical (unpaired) electrons. The minimum Gasteiger partial charge on any atom is -0.373 e. The molecule has 0 fully saturated rings. The molecular weight excluding hydrogens is 245 g/mol. The van der Waals surface area contributed by atoms with Gasteiger partial charge in [-0.05, 0) is 38.1 Å². The molecule has 1 N–H and O–H groups in total. The molecule has 1 aromatic rings. The van der Waals surface area contributed by atoms with Crippen molar-refractivity contribution in [2.75, 3.05) is 13.1 Å². The Morgan fingerprint density at radius 2 is 2.05 bits per heavy atom. The summed E-state index contributed by atoms with van der Waals surface area (Å²) < 4.78 is 12.8. The Hall–Kier alpha value is -2.22. The van der Waals surface area contributed by atoms with E-state index in [4.69, 9.17) is 0 Å². The van der Waals surface area contributed by atoms with Crippen LogP contribution in [0, 0.1) is 23.1 Å². The molecule has 0 saturated heterocycles. The van der Waals surface area contributed by atoms with E-state index in [1.165, 1.54) is 24.3 Å². The van der Waals surface area contributed by atoms with E-state index in [0.29, 0.717) is 24.5 Å². The molecule has 1 rings (SSSR count). The van der Waals surface area contributed by atoms with Crippen molar-refractivity contribution in [1.82, 2.24) is 5.32 Å². The molecule has 0 heterocycles. The van der Waals surface area contributed by atoms with Crippen molar-refractivity contribution in [1.29, 1.82) is 5.26 Å². The fraction of sp³-hybridized carbons (Fsp3) is 0.357. The number of rotatable bonds is 5. The van der Waals surface area contributed by atoms with Crippen LogP contribution in [0.3, 0.4) is 0 Å². The average Bonchev–Trinajstić information content (AvgIpc) is 2.40. The highest BCUT2D eigenvalue weighted by atomic mass is 19.1. The lowest BCUT2D eigenvalue weighted by Crippen LogP contribution is -2.35. The zero-order valence-corrected chi connectivity index (χ0v) is 11.0. The number of hydrogen-bond donors (Lipinski definition) is 1. The summed E-state index contributed by atoms with van der Waals surface area (Å²) in [5, 5.41) is 12.1. The van der Waals surface area contributed by atoms with E-state index in [9.17, 15) is 14.4 Å². The maximum atomic E-state index is 12.8. The van der Waals surface area contributed by atoms with E-state index in [1.807, 2.05) is 19.9 Å². The largest absolute Gasteiger partial charge is 0.373 e. The molecule has 0 spiro atoms. The third kappa shape index (κ3) is 3.88. The number of Topliss-reactive ketones (excluding diaryl/α,β-unsaturated/α-hetero) is 1. The van der Waals surface area contributed by atoms with Crippen LogP contribution in [0.1, 0.15) is 24.2 Å². The minimum atomic E-state index is -0.981. The standard InChI is InChI=1S/C14H16FN3O/c1-3-17-14(18-4-2)12(9-16)13(19)10-5-7-11(15)8-6-10/h5-8,12H,3-4H2,1-2H3,(H,17,18). The molecular formula is C14H16FN3O. The van der Waals surface area contributed by atoms with Crippen LogP contribution in [0.25, 0.3) is 0 Å². The predicted molar refractivity (Wildman–Crippen MR) is 71.5 cm³/mol. The second kappa shape index (κ2) is 7.27. The second-order valence-corrected chi connectivity index (χ2v) is 3.82. The maximum absolute atomic E-state index is 12.8. The van der Waals surface area contributed by atoms with Crippen LogP contribution in [-0.2, 0) is 0 Å². The number of nitriles is 1. The molecule has 0 aliphatic carbocycles. The summed E-state index contributed by atoms with van der Waals surface area (Å²) in [5.41, 5.74) is 0.301. The predicted octanol–water partition coefficient (Wildman–Crippen LogP) is 2.18. The number of nitrogens with zero attached hydrogens (tertiary/aromatic N) is 2. The van der Waals surface area contributed by atoms with Crippen molar-refractivity contribution in [2.45, 2.75) is 13.8 Å². The van der Waals surface area contributed by atoms with Crippen LogP contribution < -0.4 is 5.32 Å². The molecule has 100 valence electrons. The number of aliphatic imine (C=N–C) groups is 1. The molecule has 5 heteroatoms. The number of carbonyl (C=O) groups is 1. The highest BCUT2D eigenvalue weighted by molar-refractivity contribution is 6.13. The maximum Gasteiger partial charge on any atom is 0.187 e. The van der Waals surface area contributed by atoms with Crippen molar-refractivity contribution >= 4 is 11.6 Å². The lowest BCUT2D eigenvalue weighted by Gasteiger charge is -2.13. The highest BCUT2D eigenvalue weighted by Gasteiger charge is 2.25. The summed E-state index contributed by atoms with van der Waals surface area (Å²) >= 11 is 0. The van der Waals surface area contributed by atoms with Crippen LogP contribution in [0.2, 0.25) is 0 Å². The molecule has 4 nitrogen and oxygen atoms in total. The van der Waals surface area contributed by atoms with E-state index in [0.717, 1.165) is 0 Å². The number of nitrogens with one attached hydrogen (secondary N) is 1. The average molecular weight is 261 g/mol. The number of benzene rings is 1. The zero-order valence-electron chi connectivity index (χ0n) is 11.0. The number of hydrogen-bond acceptors (Lipinski definition) is 3. The Morgan fingerprint density at radius 1 is 1.42 bits per heavy atom. The number of amidine groups is 1. The van der Waals surface area contributed by atoms with E-state index in [2.05, 4.69) is 10.3 Å². The molecule has 0 aliphatic heterocycles. The van der Waals surface area contributed by atoms with Gasteiger partial charge in [0, 0.05) is 18.7 Å². The van der Waals surface area contributed by atoms with Gasteiger partial charge >= 0.3 is 0 Å². The smallest absolute Gasteiger partial charge is 0.187 e. The highest BCUT2D eigenvalue weighted by Crippen LogP contribution is 2.11. The first kappa shape index (κ1) is 14.8. The third-order valence-corrected chi connectivity index (χ3v) is 2.48. The normalized spacial score (nSPS) is 12.6. The molecule has 0 amide bonds. The van der Waals surface area contributed by atoms with Gasteiger partial charge in [-0.15, -0.1) is 0 Å². The molecule has 1 atom stereocenters. The number of carbonyl (C=O) groups excluding carboxylic acids is 1. The Labute approximate surface area is 112 Å². The van der Waals surface area contributed by atoms with Gasteiger partial charge in [-0.1, -0.05) is 0 Å². The van der Waals surface area contributed by atoms with Crippen molar-refractivity contribution in [2.24, 2.45) is 10.9 Å². The Bertz CT molecular complexity index is 502. The van der Waals surface area contributed by atoms with Crippen molar-refractivity contribution in [3.63, 3.8) is 0 Å². The van der Waals surface area contributed by atoms with E-state index in [1.54, 1.807) is 0 Å². The third-order valence-electron chi connectivity index (χ3n) is 2.48. The SMILES string of the molecule is CCN=C(NCC)C(C#N)C(=O)c1ccc(F)cc1. The molecule has 19 heavy (non-hydrogen) atoms. The quantitative estimate of drug-likeness (QED) is 0.502. The Balaban J connectivity index is 3.02. The van der Waals surface area contributed by atoms with Crippen LogP contribution in [-0.4, -0.2) is 24.7 Å². The summed E-state index contributed by atoms with van der Waals surface area (Å²) in [6.45, 7) is 4.75. The first-order valence-electron chi connectivity index (χ1n) is 6.11. The van der Waals surface area contributed by atoms with E-state index in [-0.39, 0.29) is 5.78 Å². The topological polar surface area (TPSA) is 65.2 Å². The van der Waals surface area contributed by atoms with Gasteiger partial charge in [0.15, 0.2) is 11.7 Å². The van der Waals surface area contributed by atoms with Crippen molar-refractivity contribution < 1.29 is 9.18 Å². The first-order chi connectivity index (χ1) is 9.13. The monoisotopic (exact) mass is 261 g/mol. The summed E-state index contributed by atoms with van der Waals surface area (Å²) in [4.78, 5) is 16.3. The van der Waals surface area contributed by atoms with Gasteiger partial charge < -0.3 is 5.32 Å². The van der Waals surface area contributed by atoms with E-state index < -0.39 is 11.7 Å². The van der Waals surface area contributed by atoms with Crippen LogP contribution in [0.15, 0.2) is 29.3 Å². The zero-order chi connectivity index (χ0) is 14.3. The van der Waals surface area contributed by atoms with Crippen LogP contribution >= 0.6 is 0 Å². The van der Waals surface area contributed by atoms with Gasteiger partial charge in [0.2, 0.25) is 0 Å². The minimum absolute atomic E-state index is 0.301. The lowest BCUT2D eigenvalue weighted by atomic mass is 9.97. The van der Waals surface area contributed by atoms with Gasteiger partial charge in [-0.2, -0.15) is 5.26 Å². The van der Waals surface area contributed by atoms with Crippen LogP contribution in [0.4, 0.5) is 4.39 Å². The van der Waals surface area contributed by atoms with Crippen molar-refractivity contribution in [3.8, 4) is 6.07 Å². The summed E-state index contributed by atoms with van der Waals surface area (Å²) in [6, 6.07) is 7.09. The molecule has 1 unspecified atom stereocenters.